The van der Waals surface area contributed by atoms with E-state index in [0.29, 0.717) is 41.5 Å². The number of amides is 1. The van der Waals surface area contributed by atoms with Gasteiger partial charge in [-0.3, -0.25) is 4.79 Å². The number of H-pyrrole nitrogens is 1. The number of fused-ring (bicyclic) bond motifs is 2. The summed E-state index contributed by atoms with van der Waals surface area (Å²) in [6, 6.07) is 5.87. The number of carbonyl (C=O) groups excluding carboxylic acids is 1. The number of nitrogens with two attached hydrogens (primary N) is 1. The van der Waals surface area contributed by atoms with Gasteiger partial charge in [0.2, 0.25) is 5.91 Å². The van der Waals surface area contributed by atoms with Crippen LogP contribution in [0.5, 0.6) is 0 Å². The first kappa shape index (κ1) is 20.7. The van der Waals surface area contributed by atoms with Crippen molar-refractivity contribution in [3.05, 3.63) is 47.1 Å². The van der Waals surface area contributed by atoms with Crippen molar-refractivity contribution in [2.75, 3.05) is 25.4 Å². The summed E-state index contributed by atoms with van der Waals surface area (Å²) in [6.07, 6.45) is 6.12. The minimum absolute atomic E-state index is 0.0657. The molecule has 4 N–H and O–H groups in total. The quantitative estimate of drug-likeness (QED) is 0.397. The van der Waals surface area contributed by atoms with Gasteiger partial charge in [0, 0.05) is 29.1 Å². The van der Waals surface area contributed by atoms with Crippen LogP contribution in [-0.2, 0) is 17.9 Å². The summed E-state index contributed by atoms with van der Waals surface area (Å²) in [5, 5.41) is 4.66. The third-order valence-corrected chi connectivity index (χ3v) is 6.15. The summed E-state index contributed by atoms with van der Waals surface area (Å²) in [5.41, 5.74) is 10.1. The molecule has 1 fully saturated rings. The molecular formula is C22H25ClN8O. The zero-order valence-corrected chi connectivity index (χ0v) is 18.4. The van der Waals surface area contributed by atoms with Crippen LogP contribution in [0.15, 0.2) is 30.9 Å². The van der Waals surface area contributed by atoms with E-state index in [2.05, 4.69) is 30.2 Å². The maximum Gasteiger partial charge on any atom is 0.221 e. The molecular weight excluding hydrogens is 428 g/mol. The van der Waals surface area contributed by atoms with Crippen LogP contribution in [0.25, 0.3) is 22.1 Å². The third-order valence-electron chi connectivity index (χ3n) is 5.93. The van der Waals surface area contributed by atoms with Gasteiger partial charge >= 0.3 is 0 Å². The lowest BCUT2D eigenvalue weighted by Gasteiger charge is -2.13. The fourth-order valence-electron chi connectivity index (χ4n) is 4.30. The largest absolute Gasteiger partial charge is 0.382 e. The second kappa shape index (κ2) is 8.76. The molecule has 32 heavy (non-hydrogen) atoms. The Bertz CT molecular complexity index is 1270. The molecule has 4 aromatic rings. The highest BCUT2D eigenvalue weighted by Crippen LogP contribution is 2.26. The number of aromatic amines is 1. The number of hydrogen-bond donors (Lipinski definition) is 3. The summed E-state index contributed by atoms with van der Waals surface area (Å²) in [7, 11) is 0. The average molecular weight is 453 g/mol. The van der Waals surface area contributed by atoms with E-state index >= 15 is 0 Å². The van der Waals surface area contributed by atoms with Gasteiger partial charge in [0.1, 0.15) is 11.8 Å². The fraction of sp³-hybridized carbons (Fsp3) is 0.364. The van der Waals surface area contributed by atoms with Crippen LogP contribution in [0, 0.1) is 0 Å². The summed E-state index contributed by atoms with van der Waals surface area (Å²) in [4.78, 5) is 30.7. The Labute approximate surface area is 190 Å². The molecule has 1 aliphatic heterocycles. The number of likely N-dealkylation sites (tertiary alicyclic amines) is 1. The predicted molar refractivity (Wildman–Crippen MR) is 124 cm³/mol. The van der Waals surface area contributed by atoms with Crippen LogP contribution in [0.2, 0.25) is 5.02 Å². The number of anilines is 1. The molecule has 166 valence electrons. The molecule has 1 saturated heterocycles. The summed E-state index contributed by atoms with van der Waals surface area (Å²) in [6.45, 7) is 3.99. The van der Waals surface area contributed by atoms with Gasteiger partial charge in [0.05, 0.1) is 24.9 Å². The number of nitrogen functional groups attached to an aromatic ring is 1. The number of carbonyl (C=O) groups is 1. The van der Waals surface area contributed by atoms with Gasteiger partial charge in [0.25, 0.3) is 0 Å². The van der Waals surface area contributed by atoms with Gasteiger partial charge < -0.3 is 25.5 Å². The van der Waals surface area contributed by atoms with Crippen molar-refractivity contribution < 1.29 is 4.79 Å². The second-order valence-electron chi connectivity index (χ2n) is 8.20. The van der Waals surface area contributed by atoms with E-state index in [9.17, 15) is 4.79 Å². The van der Waals surface area contributed by atoms with E-state index in [-0.39, 0.29) is 5.91 Å². The number of nitrogens with one attached hydrogen (secondary N) is 2. The van der Waals surface area contributed by atoms with Crippen LogP contribution in [0.4, 0.5) is 5.82 Å². The van der Waals surface area contributed by atoms with Crippen molar-refractivity contribution in [3.63, 3.8) is 0 Å². The average Bonchev–Trinajstić information content (AvgIpc) is 3.51. The molecule has 1 aliphatic rings. The Kier molecular flexibility index (Phi) is 5.67. The Balaban J connectivity index is 1.32. The molecule has 0 saturated carbocycles. The first-order valence-corrected chi connectivity index (χ1v) is 11.1. The molecule has 0 aliphatic carbocycles. The fourth-order valence-corrected chi connectivity index (χ4v) is 4.55. The lowest BCUT2D eigenvalue weighted by atomic mass is 10.1. The Morgan fingerprint density at radius 1 is 1.19 bits per heavy atom. The third kappa shape index (κ3) is 4.26. The number of benzene rings is 1. The summed E-state index contributed by atoms with van der Waals surface area (Å²) < 4.78 is 1.92. The van der Waals surface area contributed by atoms with Crippen LogP contribution in [-0.4, -0.2) is 54.9 Å². The topological polar surface area (TPSA) is 118 Å². The lowest BCUT2D eigenvalue weighted by molar-refractivity contribution is -0.121. The molecule has 0 radical (unpaired) electrons. The van der Waals surface area contributed by atoms with Gasteiger partial charge in [-0.05, 0) is 49.7 Å². The van der Waals surface area contributed by atoms with Gasteiger partial charge in [-0.25, -0.2) is 15.0 Å². The molecule has 1 aromatic carbocycles. The Morgan fingerprint density at radius 2 is 2.03 bits per heavy atom. The molecule has 3 aromatic heterocycles. The van der Waals surface area contributed by atoms with E-state index in [4.69, 9.17) is 17.3 Å². The highest BCUT2D eigenvalue weighted by Gasteiger charge is 2.14. The predicted octanol–water partition coefficient (Wildman–Crippen LogP) is 2.69. The molecule has 9 nitrogen and oxygen atoms in total. The first-order chi connectivity index (χ1) is 15.6. The van der Waals surface area contributed by atoms with Crippen LogP contribution in [0.3, 0.4) is 0 Å². The number of aromatic nitrogens is 5. The molecule has 0 spiro atoms. The lowest BCUT2D eigenvalue weighted by Crippen LogP contribution is -2.29. The van der Waals surface area contributed by atoms with Gasteiger partial charge in [-0.1, -0.05) is 11.6 Å². The molecule has 5 rings (SSSR count). The zero-order valence-electron chi connectivity index (χ0n) is 17.6. The first-order valence-electron chi connectivity index (χ1n) is 10.8. The van der Waals surface area contributed by atoms with Crippen molar-refractivity contribution in [3.8, 4) is 0 Å². The van der Waals surface area contributed by atoms with Crippen molar-refractivity contribution in [2.45, 2.75) is 32.4 Å². The number of imidazole rings is 1. The zero-order chi connectivity index (χ0) is 22.1. The Morgan fingerprint density at radius 3 is 2.88 bits per heavy atom. The normalized spacial score (nSPS) is 14.5. The summed E-state index contributed by atoms with van der Waals surface area (Å²) >= 11 is 6.39. The molecule has 10 heteroatoms. The smallest absolute Gasteiger partial charge is 0.221 e. The minimum atomic E-state index is 0.0657. The van der Waals surface area contributed by atoms with E-state index in [1.54, 1.807) is 6.33 Å². The number of halogens is 1. The van der Waals surface area contributed by atoms with Crippen molar-refractivity contribution in [1.82, 2.24) is 34.7 Å². The van der Waals surface area contributed by atoms with E-state index in [1.165, 1.54) is 19.2 Å². The highest BCUT2D eigenvalue weighted by molar-refractivity contribution is 6.31. The molecule has 0 atom stereocenters. The Hall–Kier alpha value is -3.17. The second-order valence-corrected chi connectivity index (χ2v) is 8.64. The number of hydrogen-bond acceptors (Lipinski definition) is 6. The highest BCUT2D eigenvalue weighted by atomic mass is 35.5. The molecule has 1 amide bonds. The van der Waals surface area contributed by atoms with Crippen molar-refractivity contribution in [2.24, 2.45) is 0 Å². The standard InChI is InChI=1S/C22H25ClN8O/c23-16-7-14-9-17(10-25-18(32)3-6-30-4-1-2-5-30)29-19(14)15(8-16)11-31-13-28-20-21(24)26-12-27-22(20)31/h7-9,12-13,29H,1-6,10-11H2,(H,25,32)(H2,24,26,27). The number of nitrogens with zero attached hydrogens (tertiary/aromatic N) is 5. The van der Waals surface area contributed by atoms with Crippen molar-refractivity contribution in [1.29, 1.82) is 0 Å². The molecule has 4 heterocycles. The number of rotatable bonds is 7. The van der Waals surface area contributed by atoms with Gasteiger partial charge in [-0.2, -0.15) is 0 Å². The van der Waals surface area contributed by atoms with Gasteiger partial charge in [-0.15, -0.1) is 0 Å². The van der Waals surface area contributed by atoms with Gasteiger partial charge in [0.15, 0.2) is 11.5 Å². The van der Waals surface area contributed by atoms with E-state index < -0.39 is 0 Å². The van der Waals surface area contributed by atoms with E-state index in [0.717, 1.165) is 41.8 Å². The monoisotopic (exact) mass is 452 g/mol. The maximum absolute atomic E-state index is 12.3. The van der Waals surface area contributed by atoms with Crippen molar-refractivity contribution >= 4 is 45.4 Å². The summed E-state index contributed by atoms with van der Waals surface area (Å²) in [5.74, 6) is 0.420. The SMILES string of the molecule is Nc1ncnc2c1ncn2Cc1cc(Cl)cc2cc(CNC(=O)CCN3CCCC3)[nH]c12. The molecule has 0 unspecified atom stereocenters. The van der Waals surface area contributed by atoms with Crippen LogP contribution in [0.1, 0.15) is 30.5 Å². The maximum atomic E-state index is 12.3. The van der Waals surface area contributed by atoms with Crippen LogP contribution >= 0.6 is 11.6 Å². The van der Waals surface area contributed by atoms with E-state index in [1.807, 2.05) is 22.8 Å². The minimum Gasteiger partial charge on any atom is -0.382 e. The van der Waals surface area contributed by atoms with Crippen LogP contribution < -0.4 is 11.1 Å². The molecule has 0 bridgehead atoms.